The van der Waals surface area contributed by atoms with Gasteiger partial charge in [0.2, 0.25) is 0 Å². The van der Waals surface area contributed by atoms with Crippen molar-refractivity contribution in [2.24, 2.45) is 11.8 Å². The maximum atomic E-state index is 11.6. The number of hydrogen-bond acceptors (Lipinski definition) is 3. The summed E-state index contributed by atoms with van der Waals surface area (Å²) in [5.41, 5.74) is 0. The zero-order chi connectivity index (χ0) is 11.3. The van der Waals surface area contributed by atoms with E-state index in [1.165, 1.54) is 0 Å². The van der Waals surface area contributed by atoms with E-state index in [0.29, 0.717) is 19.4 Å². The van der Waals surface area contributed by atoms with Crippen LogP contribution in [-0.4, -0.2) is 18.4 Å². The van der Waals surface area contributed by atoms with E-state index in [0.717, 1.165) is 19.3 Å². The maximum absolute atomic E-state index is 11.6. The van der Waals surface area contributed by atoms with Gasteiger partial charge in [0.15, 0.2) is 0 Å². The highest BCUT2D eigenvalue weighted by molar-refractivity contribution is 5.90. The zero-order valence-electron chi connectivity index (χ0n) is 9.62. The van der Waals surface area contributed by atoms with Gasteiger partial charge in [-0.2, -0.15) is 0 Å². The Morgan fingerprint density at radius 1 is 1.47 bits per heavy atom. The second-order valence-corrected chi connectivity index (χ2v) is 4.11. The van der Waals surface area contributed by atoms with Gasteiger partial charge in [-0.15, -0.1) is 0 Å². The summed E-state index contributed by atoms with van der Waals surface area (Å²) in [5, 5.41) is 0. The first-order chi connectivity index (χ1) is 7.20. The number of carbonyl (C=O) groups excluding carboxylic acids is 2. The molecule has 1 saturated carbocycles. The van der Waals surface area contributed by atoms with Gasteiger partial charge in [-0.05, 0) is 19.8 Å². The molecule has 1 rings (SSSR count). The van der Waals surface area contributed by atoms with Gasteiger partial charge >= 0.3 is 5.97 Å². The molecule has 2 unspecified atom stereocenters. The molecular weight excluding hydrogens is 192 g/mol. The van der Waals surface area contributed by atoms with Gasteiger partial charge in [0.25, 0.3) is 0 Å². The molecule has 0 spiro atoms. The van der Waals surface area contributed by atoms with Crippen LogP contribution in [0.1, 0.15) is 46.0 Å². The van der Waals surface area contributed by atoms with Crippen molar-refractivity contribution < 1.29 is 14.3 Å². The molecule has 0 N–H and O–H groups in total. The lowest BCUT2D eigenvalue weighted by Gasteiger charge is -2.16. The highest BCUT2D eigenvalue weighted by atomic mass is 16.5. The van der Waals surface area contributed by atoms with Gasteiger partial charge in [-0.3, -0.25) is 9.59 Å². The summed E-state index contributed by atoms with van der Waals surface area (Å²) >= 11 is 0. The quantitative estimate of drug-likeness (QED) is 0.657. The Balaban J connectivity index is 2.54. The molecule has 15 heavy (non-hydrogen) atoms. The Kier molecular flexibility index (Phi) is 4.79. The van der Waals surface area contributed by atoms with E-state index in [1.807, 2.05) is 0 Å². The van der Waals surface area contributed by atoms with Gasteiger partial charge in [0.1, 0.15) is 5.78 Å². The third kappa shape index (κ3) is 3.05. The average molecular weight is 212 g/mol. The van der Waals surface area contributed by atoms with Gasteiger partial charge in [-0.25, -0.2) is 0 Å². The summed E-state index contributed by atoms with van der Waals surface area (Å²) in [6, 6.07) is 0. The Morgan fingerprint density at radius 2 is 2.20 bits per heavy atom. The van der Waals surface area contributed by atoms with Crippen LogP contribution in [0.2, 0.25) is 0 Å². The minimum Gasteiger partial charge on any atom is -0.466 e. The van der Waals surface area contributed by atoms with E-state index < -0.39 is 0 Å². The van der Waals surface area contributed by atoms with Crippen LogP contribution < -0.4 is 0 Å². The number of rotatable bonds is 5. The van der Waals surface area contributed by atoms with Crippen molar-refractivity contribution in [3.63, 3.8) is 0 Å². The van der Waals surface area contributed by atoms with E-state index >= 15 is 0 Å². The molecule has 1 fully saturated rings. The first-order valence-electron chi connectivity index (χ1n) is 5.90. The van der Waals surface area contributed by atoms with Crippen LogP contribution in [-0.2, 0) is 14.3 Å². The molecule has 0 aliphatic heterocycles. The number of hydrogen-bond donors (Lipinski definition) is 0. The smallest absolute Gasteiger partial charge is 0.309 e. The molecule has 3 heteroatoms. The molecule has 0 bridgehead atoms. The highest BCUT2D eigenvalue weighted by Gasteiger charge is 2.39. The van der Waals surface area contributed by atoms with Gasteiger partial charge in [0, 0.05) is 12.3 Å². The summed E-state index contributed by atoms with van der Waals surface area (Å²) in [7, 11) is 0. The third-order valence-electron chi connectivity index (χ3n) is 3.06. The van der Waals surface area contributed by atoms with E-state index in [9.17, 15) is 9.59 Å². The predicted octanol–water partition coefficient (Wildman–Crippen LogP) is 2.33. The largest absolute Gasteiger partial charge is 0.466 e. The van der Waals surface area contributed by atoms with Crippen molar-refractivity contribution in [2.45, 2.75) is 46.0 Å². The van der Waals surface area contributed by atoms with Crippen molar-refractivity contribution >= 4 is 11.8 Å². The molecule has 1 aliphatic rings. The second kappa shape index (κ2) is 5.89. The molecule has 0 amide bonds. The average Bonchev–Trinajstić information content (AvgIpc) is 2.57. The van der Waals surface area contributed by atoms with Crippen molar-refractivity contribution in [3.8, 4) is 0 Å². The van der Waals surface area contributed by atoms with Crippen LogP contribution in [0, 0.1) is 11.8 Å². The molecule has 2 atom stereocenters. The molecule has 0 aromatic heterocycles. The Bertz CT molecular complexity index is 235. The molecule has 1 aliphatic carbocycles. The molecule has 0 heterocycles. The standard InChI is InChI=1S/C12H20O3/c1-3-5-6-9-10(7-8-11(9)13)12(14)15-4-2/h9-10H,3-8H2,1-2H3. The minimum atomic E-state index is -0.176. The van der Waals surface area contributed by atoms with Crippen molar-refractivity contribution in [3.05, 3.63) is 0 Å². The second-order valence-electron chi connectivity index (χ2n) is 4.11. The lowest BCUT2D eigenvalue weighted by Crippen LogP contribution is -2.24. The summed E-state index contributed by atoms with van der Waals surface area (Å²) in [6.07, 6.45) is 4.17. The Labute approximate surface area is 91.2 Å². The van der Waals surface area contributed by atoms with E-state index in [2.05, 4.69) is 6.92 Å². The number of carbonyl (C=O) groups is 2. The van der Waals surface area contributed by atoms with Crippen LogP contribution >= 0.6 is 0 Å². The SMILES string of the molecule is CCCCC1C(=O)CCC1C(=O)OCC. The van der Waals surface area contributed by atoms with Crippen LogP contribution in [0.25, 0.3) is 0 Å². The summed E-state index contributed by atoms with van der Waals surface area (Å²) in [6.45, 7) is 4.30. The number of unbranched alkanes of at least 4 members (excludes halogenated alkanes) is 1. The van der Waals surface area contributed by atoms with Gasteiger partial charge < -0.3 is 4.74 Å². The summed E-state index contributed by atoms with van der Waals surface area (Å²) in [4.78, 5) is 23.2. The van der Waals surface area contributed by atoms with Gasteiger partial charge in [0.05, 0.1) is 12.5 Å². The summed E-state index contributed by atoms with van der Waals surface area (Å²) < 4.78 is 4.99. The molecular formula is C12H20O3. The topological polar surface area (TPSA) is 43.4 Å². The van der Waals surface area contributed by atoms with Crippen molar-refractivity contribution in [1.82, 2.24) is 0 Å². The Hall–Kier alpha value is -0.860. The fourth-order valence-corrected chi connectivity index (χ4v) is 2.23. The lowest BCUT2D eigenvalue weighted by atomic mass is 9.90. The molecule has 3 nitrogen and oxygen atoms in total. The first-order valence-corrected chi connectivity index (χ1v) is 5.90. The fraction of sp³-hybridized carbons (Fsp3) is 0.833. The van der Waals surface area contributed by atoms with E-state index in [4.69, 9.17) is 4.74 Å². The van der Waals surface area contributed by atoms with Crippen LogP contribution in [0.4, 0.5) is 0 Å². The molecule has 0 radical (unpaired) electrons. The van der Waals surface area contributed by atoms with E-state index in [1.54, 1.807) is 6.92 Å². The third-order valence-corrected chi connectivity index (χ3v) is 3.06. The van der Waals surface area contributed by atoms with E-state index in [-0.39, 0.29) is 23.6 Å². The first kappa shape index (κ1) is 12.2. The van der Waals surface area contributed by atoms with Crippen molar-refractivity contribution in [1.29, 1.82) is 0 Å². The molecule has 0 aromatic carbocycles. The number of esters is 1. The Morgan fingerprint density at radius 3 is 2.80 bits per heavy atom. The molecule has 0 aromatic rings. The summed E-state index contributed by atoms with van der Waals surface area (Å²) in [5.74, 6) is -0.154. The van der Waals surface area contributed by atoms with Crippen LogP contribution in [0.3, 0.4) is 0 Å². The van der Waals surface area contributed by atoms with Crippen LogP contribution in [0.5, 0.6) is 0 Å². The number of Topliss-reactive ketones (excluding diaryl/α,β-unsaturated/α-hetero) is 1. The van der Waals surface area contributed by atoms with Crippen LogP contribution in [0.15, 0.2) is 0 Å². The molecule has 0 saturated heterocycles. The fourth-order valence-electron chi connectivity index (χ4n) is 2.23. The van der Waals surface area contributed by atoms with Crippen molar-refractivity contribution in [2.75, 3.05) is 6.61 Å². The monoisotopic (exact) mass is 212 g/mol. The predicted molar refractivity (Wildman–Crippen MR) is 57.4 cm³/mol. The zero-order valence-corrected chi connectivity index (χ0v) is 9.62. The minimum absolute atomic E-state index is 0.0657. The normalized spacial score (nSPS) is 25.6. The number of ketones is 1. The van der Waals surface area contributed by atoms with Gasteiger partial charge in [-0.1, -0.05) is 19.8 Å². The highest BCUT2D eigenvalue weighted by Crippen LogP contribution is 2.33. The lowest BCUT2D eigenvalue weighted by molar-refractivity contribution is -0.150. The molecule has 86 valence electrons. The maximum Gasteiger partial charge on any atom is 0.309 e. The number of ether oxygens (including phenoxy) is 1.